The Balaban J connectivity index is 2.97. The summed E-state index contributed by atoms with van der Waals surface area (Å²) in [6, 6.07) is 5.08. The van der Waals surface area contributed by atoms with Crippen LogP contribution in [0, 0.1) is 0 Å². The lowest BCUT2D eigenvalue weighted by atomic mass is 10.2. The van der Waals surface area contributed by atoms with Gasteiger partial charge in [-0.15, -0.1) is 0 Å². The van der Waals surface area contributed by atoms with Crippen LogP contribution in [-0.4, -0.2) is 28.4 Å². The van der Waals surface area contributed by atoms with Crippen molar-refractivity contribution in [1.82, 2.24) is 0 Å². The molecule has 0 fully saturated rings. The van der Waals surface area contributed by atoms with Gasteiger partial charge >= 0.3 is 0 Å². The van der Waals surface area contributed by atoms with Gasteiger partial charge in [0.25, 0.3) is 0 Å². The molecular formula is C12H16O4S. The number of sulfone groups is 1. The van der Waals surface area contributed by atoms with Gasteiger partial charge in [-0.05, 0) is 25.1 Å². The summed E-state index contributed by atoms with van der Waals surface area (Å²) < 4.78 is 39.5. The summed E-state index contributed by atoms with van der Waals surface area (Å²) in [4.78, 5) is 0. The molecule has 0 unspecified atom stereocenters. The summed E-state index contributed by atoms with van der Waals surface area (Å²) in [6.07, 6.45) is 2.60. The number of rotatable bonds is 5. The van der Waals surface area contributed by atoms with Crippen molar-refractivity contribution in [2.24, 2.45) is 0 Å². The fourth-order valence-electron chi connectivity index (χ4n) is 1.23. The van der Waals surface area contributed by atoms with Gasteiger partial charge in [0.1, 0.15) is 11.5 Å². The molecule has 0 saturated carbocycles. The van der Waals surface area contributed by atoms with Crippen LogP contribution in [0.4, 0.5) is 0 Å². The molecule has 1 aromatic rings. The van der Waals surface area contributed by atoms with Crippen LogP contribution in [0.25, 0.3) is 6.08 Å². The average Bonchev–Trinajstić information content (AvgIpc) is 2.33. The largest absolute Gasteiger partial charge is 0.496 e. The molecule has 1 aromatic carbocycles. The van der Waals surface area contributed by atoms with Gasteiger partial charge < -0.3 is 9.47 Å². The zero-order valence-electron chi connectivity index (χ0n) is 10.8. The van der Waals surface area contributed by atoms with E-state index in [0.717, 1.165) is 11.7 Å². The maximum atomic E-state index is 11.0. The van der Waals surface area contributed by atoms with Gasteiger partial charge in [0.15, 0.2) is 9.84 Å². The topological polar surface area (TPSA) is 52.6 Å². The average molecular weight is 257 g/mol. The highest BCUT2D eigenvalue weighted by molar-refractivity contribution is 7.93. The van der Waals surface area contributed by atoms with E-state index in [4.69, 9.17) is 10.8 Å². The fraction of sp³-hybridized carbons (Fsp3) is 0.333. The van der Waals surface area contributed by atoms with Crippen LogP contribution in [-0.2, 0) is 9.84 Å². The van der Waals surface area contributed by atoms with Crippen LogP contribution in [0.5, 0.6) is 11.5 Å². The lowest BCUT2D eigenvalue weighted by Crippen LogP contribution is -1.94. The zero-order chi connectivity index (χ0) is 13.6. The molecule has 0 aliphatic rings. The third kappa shape index (κ3) is 4.48. The smallest absolute Gasteiger partial charge is 0.168 e. The number of benzene rings is 1. The second-order valence-electron chi connectivity index (χ2n) is 3.38. The van der Waals surface area contributed by atoms with Crippen LogP contribution in [0.2, 0.25) is 0 Å². The predicted octanol–water partition coefficient (Wildman–Crippen LogP) is 2.11. The van der Waals surface area contributed by atoms with E-state index >= 15 is 0 Å². The minimum absolute atomic E-state index is 0.179. The molecule has 4 nitrogen and oxygen atoms in total. The van der Waals surface area contributed by atoms with E-state index in [1.807, 2.05) is 0 Å². The molecule has 1 rings (SSSR count). The summed E-state index contributed by atoms with van der Waals surface area (Å²) in [5.41, 5.74) is 0.654. The third-order valence-electron chi connectivity index (χ3n) is 1.97. The molecule has 0 radical (unpaired) electrons. The molecule has 0 amide bonds. The highest BCUT2D eigenvalue weighted by Gasteiger charge is 2.03. The van der Waals surface area contributed by atoms with Crippen molar-refractivity contribution in [2.45, 2.75) is 6.90 Å². The molecular weight excluding hydrogens is 240 g/mol. The van der Waals surface area contributed by atoms with Gasteiger partial charge in [-0.25, -0.2) is 8.42 Å². The van der Waals surface area contributed by atoms with Crippen molar-refractivity contribution in [3.63, 3.8) is 0 Å². The van der Waals surface area contributed by atoms with Crippen LogP contribution in [0.15, 0.2) is 23.6 Å². The van der Waals surface area contributed by atoms with Crippen molar-refractivity contribution in [2.75, 3.05) is 20.0 Å². The second-order valence-corrected chi connectivity index (χ2v) is 5.32. The number of methoxy groups -OCH3 is 1. The molecule has 0 heterocycles. The Labute approximate surface area is 103 Å². The Hall–Kier alpha value is -1.49. The standard InChI is InChI=1S/C12H16O4S/c1-4-16-11-6-5-10(12(9-11)15-2)7-8-17(3,13)14/h5-9H,4H2,1-3H3/i1D. The van der Waals surface area contributed by atoms with Gasteiger partial charge in [-0.2, -0.15) is 0 Å². The highest BCUT2D eigenvalue weighted by atomic mass is 32.2. The van der Waals surface area contributed by atoms with Crippen molar-refractivity contribution >= 4 is 15.9 Å². The predicted molar refractivity (Wildman–Crippen MR) is 68.0 cm³/mol. The molecule has 17 heavy (non-hydrogen) atoms. The second kappa shape index (κ2) is 5.72. The molecule has 0 aromatic heterocycles. The van der Waals surface area contributed by atoms with E-state index < -0.39 is 9.84 Å². The van der Waals surface area contributed by atoms with E-state index in [0.29, 0.717) is 23.7 Å². The first-order chi connectivity index (χ1) is 8.46. The minimum atomic E-state index is -3.16. The van der Waals surface area contributed by atoms with Crippen molar-refractivity contribution in [3.8, 4) is 11.5 Å². The first kappa shape index (κ1) is 12.0. The van der Waals surface area contributed by atoms with Gasteiger partial charge in [0.05, 0.1) is 13.7 Å². The number of hydrogen-bond acceptors (Lipinski definition) is 4. The highest BCUT2D eigenvalue weighted by Crippen LogP contribution is 2.25. The van der Waals surface area contributed by atoms with E-state index in [9.17, 15) is 8.42 Å². The van der Waals surface area contributed by atoms with Crippen LogP contribution < -0.4 is 9.47 Å². The van der Waals surface area contributed by atoms with Crippen LogP contribution in [0.3, 0.4) is 0 Å². The maximum Gasteiger partial charge on any atom is 0.168 e. The molecule has 5 heteroatoms. The first-order valence-corrected chi connectivity index (χ1v) is 6.90. The zero-order valence-corrected chi connectivity index (χ0v) is 10.7. The minimum Gasteiger partial charge on any atom is -0.496 e. The summed E-state index contributed by atoms with van der Waals surface area (Å²) in [5, 5.41) is 1.12. The summed E-state index contributed by atoms with van der Waals surface area (Å²) in [5.74, 6) is 1.12. The Morgan fingerprint density at radius 1 is 1.47 bits per heavy atom. The first-order valence-electron chi connectivity index (χ1n) is 5.65. The molecule has 0 spiro atoms. The summed E-state index contributed by atoms with van der Waals surface area (Å²) >= 11 is 0. The van der Waals surface area contributed by atoms with Crippen LogP contribution >= 0.6 is 0 Å². The van der Waals surface area contributed by atoms with E-state index in [2.05, 4.69) is 0 Å². The van der Waals surface area contributed by atoms with E-state index in [-0.39, 0.29) is 6.90 Å². The summed E-state index contributed by atoms with van der Waals surface area (Å²) in [6.45, 7) is 0.486. The van der Waals surface area contributed by atoms with Crippen molar-refractivity contribution in [3.05, 3.63) is 29.2 Å². The molecule has 0 saturated heterocycles. The number of hydrogen-bond donors (Lipinski definition) is 0. The SMILES string of the molecule is [2H]CCOc1ccc(C=CS(C)(=O)=O)c(OC)c1. The maximum absolute atomic E-state index is 11.0. The van der Waals surface area contributed by atoms with Gasteiger partial charge in [0.2, 0.25) is 0 Å². The Bertz CT molecular complexity index is 523. The quantitative estimate of drug-likeness (QED) is 0.810. The number of ether oxygens (including phenoxy) is 2. The Kier molecular flexibility index (Phi) is 4.03. The van der Waals surface area contributed by atoms with Crippen LogP contribution in [0.1, 0.15) is 13.8 Å². The van der Waals surface area contributed by atoms with Crippen molar-refractivity contribution in [1.29, 1.82) is 0 Å². The Morgan fingerprint density at radius 2 is 2.24 bits per heavy atom. The molecule has 0 atom stereocenters. The molecule has 0 aliphatic carbocycles. The molecule has 0 aliphatic heterocycles. The lowest BCUT2D eigenvalue weighted by molar-refractivity contribution is 0.336. The van der Waals surface area contributed by atoms with Gasteiger partial charge in [-0.3, -0.25) is 0 Å². The monoisotopic (exact) mass is 257 g/mol. The van der Waals surface area contributed by atoms with E-state index in [1.54, 1.807) is 18.2 Å². The van der Waals surface area contributed by atoms with E-state index in [1.165, 1.54) is 13.2 Å². The van der Waals surface area contributed by atoms with Gasteiger partial charge in [0, 0.05) is 24.7 Å². The Morgan fingerprint density at radius 3 is 2.82 bits per heavy atom. The van der Waals surface area contributed by atoms with Crippen molar-refractivity contribution < 1.29 is 19.3 Å². The summed E-state index contributed by atoms with van der Waals surface area (Å²) in [7, 11) is -1.66. The molecule has 0 bridgehead atoms. The van der Waals surface area contributed by atoms with Gasteiger partial charge in [-0.1, -0.05) is 0 Å². The lowest BCUT2D eigenvalue weighted by Gasteiger charge is -2.08. The third-order valence-corrected chi connectivity index (χ3v) is 2.60. The molecule has 94 valence electrons. The molecule has 0 N–H and O–H groups in total. The fourth-order valence-corrected chi connectivity index (χ4v) is 1.63. The normalized spacial score (nSPS) is 12.5.